The number of hydrogen-bond acceptors (Lipinski definition) is 5. The molecule has 9 heteroatoms. The summed E-state index contributed by atoms with van der Waals surface area (Å²) in [5.41, 5.74) is 0.978. The Bertz CT molecular complexity index is 972. The number of benzene rings is 2. The summed E-state index contributed by atoms with van der Waals surface area (Å²) in [6.45, 7) is 2.48. The third-order valence-corrected chi connectivity index (χ3v) is 5.11. The van der Waals surface area contributed by atoms with Gasteiger partial charge in [-0.25, -0.2) is 13.8 Å². The van der Waals surface area contributed by atoms with Crippen molar-refractivity contribution in [3.05, 3.63) is 60.2 Å². The van der Waals surface area contributed by atoms with Gasteiger partial charge in [0.15, 0.2) is 0 Å². The number of aliphatic imine (C=N–C) groups is 1. The van der Waals surface area contributed by atoms with Crippen LogP contribution in [0, 0.1) is 11.6 Å². The van der Waals surface area contributed by atoms with Crippen molar-refractivity contribution in [1.82, 2.24) is 10.2 Å². The molecule has 2 amide bonds. The summed E-state index contributed by atoms with van der Waals surface area (Å²) < 4.78 is 26.9. The summed E-state index contributed by atoms with van der Waals surface area (Å²) in [4.78, 5) is 33.1. The van der Waals surface area contributed by atoms with E-state index < -0.39 is 17.8 Å². The maximum atomic E-state index is 13.8. The highest BCUT2D eigenvalue weighted by Crippen LogP contribution is 2.19. The second-order valence-electron chi connectivity index (χ2n) is 7.14. The second-order valence-corrected chi connectivity index (χ2v) is 7.14. The Morgan fingerprint density at radius 3 is 2.37 bits per heavy atom. The van der Waals surface area contributed by atoms with Gasteiger partial charge in [0.1, 0.15) is 17.7 Å². The zero-order valence-corrected chi connectivity index (χ0v) is 16.1. The van der Waals surface area contributed by atoms with Gasteiger partial charge in [-0.05, 0) is 36.4 Å². The molecule has 0 saturated carbocycles. The quantitative estimate of drug-likeness (QED) is 0.807. The SMILES string of the molecule is O=C1C[C@H](C(=O)Nc2ccccc2F)N=C(N2CCN(c3ccc(F)cc3)CC2)N1. The number of hydrogen-bond donors (Lipinski definition) is 2. The summed E-state index contributed by atoms with van der Waals surface area (Å²) in [6.07, 6.45) is -0.0979. The van der Waals surface area contributed by atoms with Gasteiger partial charge < -0.3 is 15.1 Å². The van der Waals surface area contributed by atoms with Gasteiger partial charge in [-0.3, -0.25) is 14.9 Å². The predicted molar refractivity (Wildman–Crippen MR) is 109 cm³/mol. The lowest BCUT2D eigenvalue weighted by Crippen LogP contribution is -2.56. The van der Waals surface area contributed by atoms with Gasteiger partial charge in [-0.15, -0.1) is 0 Å². The van der Waals surface area contributed by atoms with Crippen LogP contribution in [0.1, 0.15) is 6.42 Å². The molecular formula is C21H21F2N5O2. The van der Waals surface area contributed by atoms with E-state index in [1.165, 1.54) is 30.3 Å². The van der Waals surface area contributed by atoms with Crippen molar-refractivity contribution < 1.29 is 18.4 Å². The van der Waals surface area contributed by atoms with Crippen molar-refractivity contribution in [2.45, 2.75) is 12.5 Å². The Morgan fingerprint density at radius 2 is 1.67 bits per heavy atom. The normalized spacial score (nSPS) is 19.2. The van der Waals surface area contributed by atoms with E-state index in [0.29, 0.717) is 32.1 Å². The summed E-state index contributed by atoms with van der Waals surface area (Å²) in [5, 5.41) is 5.22. The number of anilines is 2. The van der Waals surface area contributed by atoms with Crippen LogP contribution in [0.4, 0.5) is 20.2 Å². The molecule has 2 heterocycles. The minimum atomic E-state index is -0.927. The van der Waals surface area contributed by atoms with Gasteiger partial charge in [0.2, 0.25) is 17.8 Å². The monoisotopic (exact) mass is 413 g/mol. The zero-order chi connectivity index (χ0) is 21.1. The molecule has 2 aromatic rings. The minimum Gasteiger partial charge on any atom is -0.368 e. The first-order valence-electron chi connectivity index (χ1n) is 9.68. The summed E-state index contributed by atoms with van der Waals surface area (Å²) in [6, 6.07) is 11.2. The number of nitrogens with one attached hydrogen (secondary N) is 2. The smallest absolute Gasteiger partial charge is 0.249 e. The maximum absolute atomic E-state index is 13.8. The molecule has 0 aliphatic carbocycles. The fourth-order valence-electron chi connectivity index (χ4n) is 3.50. The Hall–Kier alpha value is -3.49. The molecule has 2 aliphatic rings. The lowest BCUT2D eigenvalue weighted by Gasteiger charge is -2.38. The number of para-hydroxylation sites is 1. The fourth-order valence-corrected chi connectivity index (χ4v) is 3.50. The van der Waals surface area contributed by atoms with Crippen molar-refractivity contribution >= 4 is 29.1 Å². The molecule has 156 valence electrons. The summed E-state index contributed by atoms with van der Waals surface area (Å²) in [7, 11) is 0. The minimum absolute atomic E-state index is 0.0538. The third kappa shape index (κ3) is 4.40. The molecule has 2 aromatic carbocycles. The van der Waals surface area contributed by atoms with Gasteiger partial charge in [-0.2, -0.15) is 0 Å². The number of halogens is 2. The molecule has 0 aromatic heterocycles. The first-order valence-corrected chi connectivity index (χ1v) is 9.68. The van der Waals surface area contributed by atoms with Crippen LogP contribution < -0.4 is 15.5 Å². The van der Waals surface area contributed by atoms with E-state index >= 15 is 0 Å². The van der Waals surface area contributed by atoms with Crippen LogP contribution in [0.2, 0.25) is 0 Å². The van der Waals surface area contributed by atoms with Gasteiger partial charge in [0, 0.05) is 31.9 Å². The van der Waals surface area contributed by atoms with E-state index in [9.17, 15) is 18.4 Å². The molecule has 1 saturated heterocycles. The Kier molecular flexibility index (Phi) is 5.60. The van der Waals surface area contributed by atoms with E-state index in [4.69, 9.17) is 0 Å². The van der Waals surface area contributed by atoms with Crippen molar-refractivity contribution in [3.63, 3.8) is 0 Å². The van der Waals surface area contributed by atoms with Crippen LogP contribution in [0.15, 0.2) is 53.5 Å². The lowest BCUT2D eigenvalue weighted by molar-refractivity contribution is -0.125. The van der Waals surface area contributed by atoms with Crippen LogP contribution in [0.5, 0.6) is 0 Å². The largest absolute Gasteiger partial charge is 0.368 e. The van der Waals surface area contributed by atoms with Crippen LogP contribution in [-0.2, 0) is 9.59 Å². The number of piperazine rings is 1. The molecule has 4 rings (SSSR count). The van der Waals surface area contributed by atoms with E-state index in [2.05, 4.69) is 20.5 Å². The van der Waals surface area contributed by atoms with Gasteiger partial charge in [0.05, 0.1) is 12.1 Å². The number of rotatable bonds is 3. The zero-order valence-electron chi connectivity index (χ0n) is 16.1. The summed E-state index contributed by atoms with van der Waals surface area (Å²) >= 11 is 0. The van der Waals surface area contributed by atoms with Crippen molar-refractivity contribution in [1.29, 1.82) is 0 Å². The van der Waals surface area contributed by atoms with E-state index in [-0.39, 0.29) is 23.8 Å². The van der Waals surface area contributed by atoms with Crippen LogP contribution in [-0.4, -0.2) is 54.9 Å². The average Bonchev–Trinajstić information content (AvgIpc) is 2.75. The Labute approximate surface area is 172 Å². The highest BCUT2D eigenvalue weighted by Gasteiger charge is 2.31. The van der Waals surface area contributed by atoms with Crippen LogP contribution in [0.25, 0.3) is 0 Å². The molecule has 0 spiro atoms. The molecular weight excluding hydrogens is 392 g/mol. The highest BCUT2D eigenvalue weighted by atomic mass is 19.1. The maximum Gasteiger partial charge on any atom is 0.249 e. The molecule has 0 radical (unpaired) electrons. The first-order chi connectivity index (χ1) is 14.5. The Balaban J connectivity index is 1.41. The second kappa shape index (κ2) is 8.48. The fraction of sp³-hybridized carbons (Fsp3) is 0.286. The molecule has 2 N–H and O–H groups in total. The van der Waals surface area contributed by atoms with Crippen molar-refractivity contribution in [2.75, 3.05) is 36.4 Å². The van der Waals surface area contributed by atoms with E-state index in [1.807, 2.05) is 4.90 Å². The molecule has 2 aliphatic heterocycles. The number of nitrogens with zero attached hydrogens (tertiary/aromatic N) is 3. The van der Waals surface area contributed by atoms with Gasteiger partial charge in [-0.1, -0.05) is 12.1 Å². The first kappa shape index (κ1) is 19.8. The average molecular weight is 413 g/mol. The molecule has 30 heavy (non-hydrogen) atoms. The topological polar surface area (TPSA) is 77.0 Å². The van der Waals surface area contributed by atoms with Crippen molar-refractivity contribution in [3.8, 4) is 0 Å². The molecule has 7 nitrogen and oxygen atoms in total. The predicted octanol–water partition coefficient (Wildman–Crippen LogP) is 1.97. The van der Waals surface area contributed by atoms with Crippen LogP contribution >= 0.6 is 0 Å². The van der Waals surface area contributed by atoms with Gasteiger partial charge >= 0.3 is 0 Å². The molecule has 0 bridgehead atoms. The number of guanidine groups is 1. The van der Waals surface area contributed by atoms with Gasteiger partial charge in [0.25, 0.3) is 0 Å². The van der Waals surface area contributed by atoms with E-state index in [1.54, 1.807) is 18.2 Å². The number of carbonyl (C=O) groups is 2. The van der Waals surface area contributed by atoms with Crippen molar-refractivity contribution in [2.24, 2.45) is 4.99 Å². The molecule has 1 fully saturated rings. The third-order valence-electron chi connectivity index (χ3n) is 5.11. The standard InChI is InChI=1S/C21H21F2N5O2/c22-14-5-7-15(8-6-14)27-9-11-28(12-10-27)21-25-18(13-19(29)26-21)20(30)24-17-4-2-1-3-16(17)23/h1-8,18H,9-13H2,(H,24,30)(H,25,26,29)/t18-/m1/s1. The summed E-state index contributed by atoms with van der Waals surface area (Å²) in [5.74, 6) is -1.32. The van der Waals surface area contributed by atoms with Crippen LogP contribution in [0.3, 0.4) is 0 Å². The highest BCUT2D eigenvalue weighted by molar-refractivity contribution is 6.06. The molecule has 0 unspecified atom stereocenters. The molecule has 1 atom stereocenters. The Morgan fingerprint density at radius 1 is 1.00 bits per heavy atom. The number of amides is 2. The lowest BCUT2D eigenvalue weighted by atomic mass is 10.1. The van der Waals surface area contributed by atoms with E-state index in [0.717, 1.165) is 5.69 Å². The number of carbonyl (C=O) groups excluding carboxylic acids is 2.